The van der Waals surface area contributed by atoms with Gasteiger partial charge in [-0.25, -0.2) is 0 Å². The van der Waals surface area contributed by atoms with Crippen molar-refractivity contribution in [1.82, 2.24) is 4.90 Å². The quantitative estimate of drug-likeness (QED) is 0.656. The van der Waals surface area contributed by atoms with Crippen molar-refractivity contribution in [1.29, 1.82) is 0 Å². The van der Waals surface area contributed by atoms with Crippen LogP contribution in [0.5, 0.6) is 0 Å². The molecule has 0 radical (unpaired) electrons. The number of nitrogens with zero attached hydrogens (tertiary/aromatic N) is 1. The average molecular weight is 325 g/mol. The van der Waals surface area contributed by atoms with E-state index in [0.717, 1.165) is 0 Å². The Balaban J connectivity index is 2.11. The van der Waals surface area contributed by atoms with Gasteiger partial charge in [0.1, 0.15) is 0 Å². The number of carbonyl (C=O) groups excluding carboxylic acids is 4. The van der Waals surface area contributed by atoms with E-state index in [1.54, 1.807) is 24.3 Å². The number of rotatable bonds is 5. The summed E-state index contributed by atoms with van der Waals surface area (Å²) in [5, 5.41) is 23.1. The lowest BCUT2D eigenvalue weighted by molar-refractivity contribution is -0.311. The van der Waals surface area contributed by atoms with Gasteiger partial charge in [-0.05, 0) is 30.4 Å². The minimum Gasteiger partial charge on any atom is -0.550 e. The first kappa shape index (κ1) is 15.7. The van der Waals surface area contributed by atoms with E-state index in [1.165, 1.54) is 12.1 Å². The zero-order valence-electron chi connectivity index (χ0n) is 12.4. The van der Waals surface area contributed by atoms with Gasteiger partial charge in [-0.2, -0.15) is 0 Å². The third-order valence-corrected chi connectivity index (χ3v) is 4.01. The Bertz CT molecular complexity index is 837. The predicted molar refractivity (Wildman–Crippen MR) is 77.5 cm³/mol. The fourth-order valence-electron chi connectivity index (χ4n) is 2.94. The second kappa shape index (κ2) is 5.77. The number of benzene rings is 2. The van der Waals surface area contributed by atoms with Crippen molar-refractivity contribution in [3.63, 3.8) is 0 Å². The molecular weight excluding hydrogens is 314 g/mol. The molecule has 1 heterocycles. The Labute approximate surface area is 136 Å². The Morgan fingerprint density at radius 2 is 1.50 bits per heavy atom. The SMILES string of the molecule is O=C([O-])CC[C@H](C(=O)[O-])N1C(=O)c2cccc3cccc(c23)C1=O. The predicted octanol–water partition coefficient (Wildman–Crippen LogP) is -0.916. The lowest BCUT2D eigenvalue weighted by atomic mass is 9.92. The van der Waals surface area contributed by atoms with Gasteiger partial charge in [0.15, 0.2) is 0 Å². The maximum absolute atomic E-state index is 12.7. The third kappa shape index (κ3) is 2.40. The van der Waals surface area contributed by atoms with Crippen molar-refractivity contribution in [2.45, 2.75) is 18.9 Å². The van der Waals surface area contributed by atoms with E-state index in [-0.39, 0.29) is 11.1 Å². The average Bonchev–Trinajstić information content (AvgIpc) is 2.54. The first-order valence-corrected chi connectivity index (χ1v) is 7.22. The highest BCUT2D eigenvalue weighted by molar-refractivity contribution is 6.26. The maximum Gasteiger partial charge on any atom is 0.262 e. The molecule has 3 rings (SSSR count). The van der Waals surface area contributed by atoms with Crippen molar-refractivity contribution in [3.8, 4) is 0 Å². The monoisotopic (exact) mass is 325 g/mol. The van der Waals surface area contributed by atoms with Gasteiger partial charge in [0.05, 0.1) is 12.0 Å². The summed E-state index contributed by atoms with van der Waals surface area (Å²) in [5.41, 5.74) is 0.393. The van der Waals surface area contributed by atoms with Crippen LogP contribution in [0.15, 0.2) is 36.4 Å². The van der Waals surface area contributed by atoms with Crippen LogP contribution in [0, 0.1) is 0 Å². The summed E-state index contributed by atoms with van der Waals surface area (Å²) in [5.74, 6) is -4.72. The number of aliphatic carboxylic acids is 2. The first-order chi connectivity index (χ1) is 11.4. The van der Waals surface area contributed by atoms with E-state index in [2.05, 4.69) is 0 Å². The minimum absolute atomic E-state index is 0.197. The molecule has 0 N–H and O–H groups in total. The van der Waals surface area contributed by atoms with Crippen molar-refractivity contribution in [3.05, 3.63) is 47.5 Å². The molecular formula is C17H11NO6-2. The molecule has 1 aliphatic heterocycles. The van der Waals surface area contributed by atoms with Gasteiger partial charge in [-0.3, -0.25) is 14.5 Å². The molecule has 2 amide bonds. The van der Waals surface area contributed by atoms with Crippen LogP contribution < -0.4 is 10.2 Å². The molecule has 122 valence electrons. The Hall–Kier alpha value is -3.22. The number of carbonyl (C=O) groups is 4. The minimum atomic E-state index is -1.69. The van der Waals surface area contributed by atoms with E-state index >= 15 is 0 Å². The molecule has 0 aliphatic carbocycles. The molecule has 0 fully saturated rings. The van der Waals surface area contributed by atoms with Crippen molar-refractivity contribution in [2.24, 2.45) is 0 Å². The molecule has 1 aliphatic rings. The van der Waals surface area contributed by atoms with Crippen LogP contribution in [-0.2, 0) is 9.59 Å². The van der Waals surface area contributed by atoms with E-state index in [4.69, 9.17) is 0 Å². The number of hydrogen-bond acceptors (Lipinski definition) is 6. The molecule has 0 unspecified atom stereocenters. The molecule has 1 atom stereocenters. The number of hydrogen-bond donors (Lipinski definition) is 0. The Morgan fingerprint density at radius 1 is 0.958 bits per heavy atom. The lowest BCUT2D eigenvalue weighted by Gasteiger charge is -2.34. The zero-order chi connectivity index (χ0) is 17.4. The summed E-state index contributed by atoms with van der Waals surface area (Å²) in [7, 11) is 0. The highest BCUT2D eigenvalue weighted by atomic mass is 16.4. The highest BCUT2D eigenvalue weighted by Crippen LogP contribution is 2.31. The van der Waals surface area contributed by atoms with Gasteiger partial charge in [0, 0.05) is 22.5 Å². The van der Waals surface area contributed by atoms with Crippen LogP contribution in [0.4, 0.5) is 0 Å². The normalized spacial score (nSPS) is 14.8. The highest BCUT2D eigenvalue weighted by Gasteiger charge is 2.37. The smallest absolute Gasteiger partial charge is 0.262 e. The van der Waals surface area contributed by atoms with Gasteiger partial charge in [0.25, 0.3) is 11.8 Å². The Kier molecular flexibility index (Phi) is 3.76. The molecule has 24 heavy (non-hydrogen) atoms. The standard InChI is InChI=1S/C17H13NO6/c19-13(20)8-7-12(17(23)24)18-15(21)10-5-1-3-9-4-2-6-11(14(9)10)16(18)22/h1-6,12H,7-8H2,(H,19,20)(H,23,24)/p-2/t12-/m1/s1. The molecule has 7 nitrogen and oxygen atoms in total. The second-order valence-corrected chi connectivity index (χ2v) is 5.44. The van der Waals surface area contributed by atoms with Gasteiger partial charge < -0.3 is 19.8 Å². The zero-order valence-corrected chi connectivity index (χ0v) is 12.4. The number of carboxylic acid groups (broad SMARTS) is 2. The summed E-state index contributed by atoms with van der Waals surface area (Å²) in [6, 6.07) is 8.06. The maximum atomic E-state index is 12.7. The van der Waals surface area contributed by atoms with Crippen LogP contribution in [0.25, 0.3) is 10.8 Å². The van der Waals surface area contributed by atoms with Gasteiger partial charge >= 0.3 is 0 Å². The van der Waals surface area contributed by atoms with Crippen molar-refractivity contribution < 1.29 is 29.4 Å². The van der Waals surface area contributed by atoms with Crippen LogP contribution in [0.1, 0.15) is 33.6 Å². The number of imide groups is 1. The molecule has 0 saturated heterocycles. The van der Waals surface area contributed by atoms with Crippen LogP contribution in [0.2, 0.25) is 0 Å². The fourth-order valence-corrected chi connectivity index (χ4v) is 2.94. The molecule has 0 bridgehead atoms. The lowest BCUT2D eigenvalue weighted by Crippen LogP contribution is -2.54. The molecule has 0 saturated carbocycles. The molecule has 2 aromatic carbocycles. The van der Waals surface area contributed by atoms with Gasteiger partial charge in [0.2, 0.25) is 0 Å². The number of carboxylic acids is 2. The summed E-state index contributed by atoms with van der Waals surface area (Å²) in [6.07, 6.45) is -1.08. The van der Waals surface area contributed by atoms with E-state index in [0.29, 0.717) is 15.7 Å². The summed E-state index contributed by atoms with van der Waals surface area (Å²) in [6.45, 7) is 0. The van der Waals surface area contributed by atoms with Crippen molar-refractivity contribution in [2.75, 3.05) is 0 Å². The van der Waals surface area contributed by atoms with E-state index < -0.39 is 42.6 Å². The largest absolute Gasteiger partial charge is 0.550 e. The van der Waals surface area contributed by atoms with E-state index in [1.807, 2.05) is 0 Å². The first-order valence-electron chi connectivity index (χ1n) is 7.22. The molecule has 0 aromatic heterocycles. The summed E-state index contributed by atoms with van der Waals surface area (Å²) in [4.78, 5) is 47.9. The molecule has 0 spiro atoms. The molecule has 7 heteroatoms. The van der Waals surface area contributed by atoms with Crippen LogP contribution in [-0.4, -0.2) is 34.7 Å². The van der Waals surface area contributed by atoms with Crippen LogP contribution >= 0.6 is 0 Å². The summed E-state index contributed by atoms with van der Waals surface area (Å²) >= 11 is 0. The van der Waals surface area contributed by atoms with Gasteiger partial charge in [-0.15, -0.1) is 0 Å². The number of amides is 2. The second-order valence-electron chi connectivity index (χ2n) is 5.44. The van der Waals surface area contributed by atoms with E-state index in [9.17, 15) is 29.4 Å². The van der Waals surface area contributed by atoms with Gasteiger partial charge in [-0.1, -0.05) is 24.3 Å². The summed E-state index contributed by atoms with van der Waals surface area (Å²) < 4.78 is 0. The topological polar surface area (TPSA) is 118 Å². The third-order valence-electron chi connectivity index (χ3n) is 4.01. The van der Waals surface area contributed by atoms with Crippen LogP contribution in [0.3, 0.4) is 0 Å². The molecule has 2 aromatic rings. The fraction of sp³-hybridized carbons (Fsp3) is 0.176. The Morgan fingerprint density at radius 3 is 1.96 bits per heavy atom. The van der Waals surface area contributed by atoms with Crippen molar-refractivity contribution >= 4 is 34.5 Å².